The number of rotatable bonds is 0. The summed E-state index contributed by atoms with van der Waals surface area (Å²) in [5, 5.41) is 8.83. The molecule has 0 fully saturated rings. The van der Waals surface area contributed by atoms with Crippen LogP contribution in [0.3, 0.4) is 0 Å². The van der Waals surface area contributed by atoms with E-state index in [4.69, 9.17) is 11.0 Å². The number of aromatic amines is 2. The van der Waals surface area contributed by atoms with Gasteiger partial charge in [0.15, 0.2) is 0 Å². The maximum atomic E-state index is 11.3. The van der Waals surface area contributed by atoms with Crippen LogP contribution in [0.2, 0.25) is 0 Å². The Kier molecular flexibility index (Phi) is 2.71. The number of hydrogen-bond donors (Lipinski definition) is 2. The van der Waals surface area contributed by atoms with Crippen LogP contribution in [0.1, 0.15) is 5.56 Å². The SMILES string of the molecule is N#Cc1c[nH]c2nc([NH-])[nH]c(=O)c12.[Pd]. The Hall–Kier alpha value is -1.63. The van der Waals surface area contributed by atoms with E-state index in [2.05, 4.69) is 15.0 Å². The molecule has 2 heterocycles. The van der Waals surface area contributed by atoms with Crippen molar-refractivity contribution in [2.75, 3.05) is 0 Å². The van der Waals surface area contributed by atoms with Crippen LogP contribution in [0.15, 0.2) is 11.0 Å². The van der Waals surface area contributed by atoms with Gasteiger partial charge in [0.2, 0.25) is 5.56 Å². The average Bonchev–Trinajstić information content (AvgIpc) is 2.47. The normalized spacial score (nSPS) is 9.36. The van der Waals surface area contributed by atoms with E-state index in [0.29, 0.717) is 0 Å². The Balaban J connectivity index is 0.000000980. The Labute approximate surface area is 91.8 Å². The zero-order valence-electron chi connectivity index (χ0n) is 6.70. The number of nitrogens with one attached hydrogen (secondary N) is 3. The third-order valence-corrected chi connectivity index (χ3v) is 1.66. The molecule has 0 saturated heterocycles. The Morgan fingerprint density at radius 2 is 2.29 bits per heavy atom. The second-order valence-electron chi connectivity index (χ2n) is 2.45. The minimum atomic E-state index is -0.465. The summed E-state index contributed by atoms with van der Waals surface area (Å²) in [7, 11) is 0. The van der Waals surface area contributed by atoms with Gasteiger partial charge in [-0.05, 0) is 0 Å². The minimum absolute atomic E-state index is 0. The molecule has 0 aliphatic carbocycles. The summed E-state index contributed by atoms with van der Waals surface area (Å²) in [6.07, 6.45) is 1.40. The van der Waals surface area contributed by atoms with Gasteiger partial charge in [0, 0.05) is 32.6 Å². The summed E-state index contributed by atoms with van der Waals surface area (Å²) in [6, 6.07) is 1.86. The first-order valence-corrected chi connectivity index (χ1v) is 3.45. The maximum absolute atomic E-state index is 11.3. The smallest absolute Gasteiger partial charge is 0.205 e. The molecule has 0 amide bonds. The molecular formula is C7H4N5OPd-. The van der Waals surface area contributed by atoms with Gasteiger partial charge in [-0.1, -0.05) is 0 Å². The van der Waals surface area contributed by atoms with Gasteiger partial charge < -0.3 is 20.7 Å². The van der Waals surface area contributed by atoms with Crippen molar-refractivity contribution in [1.82, 2.24) is 15.0 Å². The van der Waals surface area contributed by atoms with E-state index in [0.717, 1.165) is 0 Å². The van der Waals surface area contributed by atoms with E-state index < -0.39 is 5.56 Å². The molecule has 0 aromatic carbocycles. The molecule has 0 aliphatic heterocycles. The van der Waals surface area contributed by atoms with Crippen LogP contribution >= 0.6 is 0 Å². The zero-order chi connectivity index (χ0) is 9.42. The van der Waals surface area contributed by atoms with Gasteiger partial charge in [-0.25, -0.2) is 0 Å². The summed E-state index contributed by atoms with van der Waals surface area (Å²) < 4.78 is 0. The van der Waals surface area contributed by atoms with Crippen molar-refractivity contribution < 1.29 is 20.4 Å². The van der Waals surface area contributed by atoms with Crippen LogP contribution in [-0.2, 0) is 20.4 Å². The predicted molar refractivity (Wildman–Crippen MR) is 45.4 cm³/mol. The number of nitriles is 1. The quantitative estimate of drug-likeness (QED) is 0.697. The van der Waals surface area contributed by atoms with E-state index in [-0.39, 0.29) is 43.0 Å². The molecule has 14 heavy (non-hydrogen) atoms. The first kappa shape index (κ1) is 10.5. The van der Waals surface area contributed by atoms with Crippen LogP contribution in [0.4, 0.5) is 5.95 Å². The van der Waals surface area contributed by atoms with Crippen molar-refractivity contribution in [3.8, 4) is 6.07 Å². The first-order valence-electron chi connectivity index (χ1n) is 3.45. The fraction of sp³-hybridized carbons (Fsp3) is 0. The van der Waals surface area contributed by atoms with E-state index in [1.807, 2.05) is 6.07 Å². The molecule has 0 aliphatic rings. The van der Waals surface area contributed by atoms with Gasteiger partial charge in [0.25, 0.3) is 0 Å². The van der Waals surface area contributed by atoms with Gasteiger partial charge >= 0.3 is 0 Å². The fourth-order valence-corrected chi connectivity index (χ4v) is 1.13. The number of hydrogen-bond acceptors (Lipinski definition) is 3. The first-order chi connectivity index (χ1) is 6.22. The van der Waals surface area contributed by atoms with Crippen LogP contribution in [-0.4, -0.2) is 15.0 Å². The molecule has 3 N–H and O–H groups in total. The number of H-pyrrole nitrogens is 2. The Morgan fingerprint density at radius 3 is 2.93 bits per heavy atom. The molecule has 74 valence electrons. The van der Waals surface area contributed by atoms with Crippen molar-refractivity contribution in [2.24, 2.45) is 0 Å². The largest absolute Gasteiger partial charge is 0.411 e. The molecule has 0 atom stereocenters. The maximum Gasteiger partial charge on any atom is 0.205 e. The molecule has 0 unspecified atom stereocenters. The molecule has 0 bridgehead atoms. The molecule has 2 aromatic heterocycles. The molecule has 0 spiro atoms. The van der Waals surface area contributed by atoms with Gasteiger partial charge in [-0.2, -0.15) is 5.26 Å². The third kappa shape index (κ3) is 1.42. The van der Waals surface area contributed by atoms with Gasteiger partial charge in [0.05, 0.1) is 16.6 Å². The second kappa shape index (κ2) is 3.62. The van der Waals surface area contributed by atoms with Crippen LogP contribution in [0.5, 0.6) is 0 Å². The summed E-state index contributed by atoms with van der Waals surface area (Å²) >= 11 is 0. The molecule has 0 radical (unpaired) electrons. The Bertz CT molecular complexity index is 563. The minimum Gasteiger partial charge on any atom is -0.411 e. The topological polar surface area (TPSA) is 109 Å². The molecule has 7 heteroatoms. The van der Waals surface area contributed by atoms with E-state index in [9.17, 15) is 4.79 Å². The number of nitrogens with zero attached hydrogens (tertiary/aromatic N) is 2. The van der Waals surface area contributed by atoms with Gasteiger partial charge in [0.1, 0.15) is 6.07 Å². The molecule has 6 nitrogen and oxygen atoms in total. The summed E-state index contributed by atoms with van der Waals surface area (Å²) in [5.41, 5.74) is 7.16. The fourth-order valence-electron chi connectivity index (χ4n) is 1.13. The number of fused-ring (bicyclic) bond motifs is 1. The van der Waals surface area contributed by atoms with Crippen molar-refractivity contribution in [3.63, 3.8) is 0 Å². The van der Waals surface area contributed by atoms with Crippen molar-refractivity contribution in [1.29, 1.82) is 5.26 Å². The van der Waals surface area contributed by atoms with Crippen molar-refractivity contribution in [3.05, 3.63) is 27.8 Å². The summed E-state index contributed by atoms with van der Waals surface area (Å²) in [5.74, 6) is -0.219. The average molecular weight is 281 g/mol. The third-order valence-electron chi connectivity index (χ3n) is 1.66. The van der Waals surface area contributed by atoms with Crippen LogP contribution < -0.4 is 5.56 Å². The standard InChI is InChI=1S/C7H5N5O.Pd/c8-1-3-2-10-5-4(3)6(13)12-7(9)11-5;/h2H,(H4,9,10,11,12,13);/p-1. The summed E-state index contributed by atoms with van der Waals surface area (Å²) in [6.45, 7) is 0. The van der Waals surface area contributed by atoms with Crippen molar-refractivity contribution >= 4 is 17.0 Å². The van der Waals surface area contributed by atoms with Gasteiger partial charge in [-0.3, -0.25) is 4.79 Å². The monoisotopic (exact) mass is 280 g/mol. The molecular weight excluding hydrogens is 277 g/mol. The van der Waals surface area contributed by atoms with Crippen LogP contribution in [0.25, 0.3) is 16.8 Å². The second-order valence-corrected chi connectivity index (χ2v) is 2.45. The molecule has 2 aromatic rings. The predicted octanol–water partition coefficient (Wildman–Crippen LogP) is 0.804. The van der Waals surface area contributed by atoms with E-state index in [1.54, 1.807) is 0 Å². The summed E-state index contributed by atoms with van der Waals surface area (Å²) in [4.78, 5) is 19.8. The van der Waals surface area contributed by atoms with Crippen LogP contribution in [0, 0.1) is 11.3 Å². The van der Waals surface area contributed by atoms with E-state index in [1.165, 1.54) is 6.20 Å². The zero-order valence-corrected chi connectivity index (χ0v) is 8.25. The Morgan fingerprint density at radius 1 is 1.57 bits per heavy atom. The molecule has 2 rings (SSSR count). The number of aromatic nitrogens is 3. The van der Waals surface area contributed by atoms with Crippen molar-refractivity contribution in [2.45, 2.75) is 0 Å². The van der Waals surface area contributed by atoms with E-state index >= 15 is 0 Å². The van der Waals surface area contributed by atoms with Gasteiger partial charge in [-0.15, -0.1) is 0 Å². The molecule has 0 saturated carbocycles.